The van der Waals surface area contributed by atoms with Gasteiger partial charge < -0.3 is 0 Å². The number of benzene rings is 2. The molecule has 0 radical (unpaired) electrons. The molecule has 1 fully saturated rings. The van der Waals surface area contributed by atoms with Crippen LogP contribution in [0.25, 0.3) is 11.1 Å². The first-order valence-corrected chi connectivity index (χ1v) is 8.79. The number of carbonyl (C=O) groups excluding carboxylic acids is 2. The molecule has 2 aromatic carbocycles. The van der Waals surface area contributed by atoms with Crippen LogP contribution in [0, 0.1) is 0 Å². The van der Waals surface area contributed by atoms with Gasteiger partial charge in [-0.15, -0.1) is 18.3 Å². The van der Waals surface area contributed by atoms with Gasteiger partial charge in [0, 0.05) is 11.3 Å². The van der Waals surface area contributed by atoms with Crippen molar-refractivity contribution < 1.29 is 9.59 Å². The first kappa shape index (κ1) is 16.5. The molecule has 1 aliphatic carbocycles. The van der Waals surface area contributed by atoms with Gasteiger partial charge in [0.05, 0.1) is 5.25 Å². The highest BCUT2D eigenvalue weighted by molar-refractivity contribution is 8.00. The number of nitrogens with one attached hydrogen (secondary N) is 1. The maximum Gasteiger partial charge on any atom is 0.240 e. The summed E-state index contributed by atoms with van der Waals surface area (Å²) in [5.74, 6) is -0.341. The minimum absolute atomic E-state index is 0.168. The van der Waals surface area contributed by atoms with Crippen LogP contribution in [0.5, 0.6) is 0 Å². The Kier molecular flexibility index (Phi) is 4.86. The summed E-state index contributed by atoms with van der Waals surface area (Å²) in [7, 11) is 0. The third kappa shape index (κ3) is 3.15. The van der Waals surface area contributed by atoms with Crippen LogP contribution in [0.15, 0.2) is 60.0 Å². The topological polar surface area (TPSA) is 46.2 Å². The molecule has 0 bridgehead atoms. The van der Waals surface area contributed by atoms with Gasteiger partial charge in [-0.25, -0.2) is 0 Å². The predicted octanol–water partition coefficient (Wildman–Crippen LogP) is 3.96. The molecule has 24 heavy (non-hydrogen) atoms. The number of allylic oxidation sites excluding steroid dienone is 1. The lowest BCUT2D eigenvalue weighted by Crippen LogP contribution is -2.23. The molecule has 0 spiro atoms. The van der Waals surface area contributed by atoms with Gasteiger partial charge in [-0.3, -0.25) is 14.9 Å². The van der Waals surface area contributed by atoms with Gasteiger partial charge in [0.1, 0.15) is 0 Å². The van der Waals surface area contributed by atoms with Gasteiger partial charge in [-0.1, -0.05) is 42.5 Å². The highest BCUT2D eigenvalue weighted by Crippen LogP contribution is 2.42. The van der Waals surface area contributed by atoms with Crippen molar-refractivity contribution in [1.29, 1.82) is 0 Å². The zero-order chi connectivity index (χ0) is 17.1. The average Bonchev–Trinajstić information content (AvgIpc) is 3.09. The highest BCUT2D eigenvalue weighted by Gasteiger charge is 2.32. The first-order chi connectivity index (χ1) is 11.6. The molecule has 2 aromatic rings. The lowest BCUT2D eigenvalue weighted by molar-refractivity contribution is -0.124. The van der Waals surface area contributed by atoms with Gasteiger partial charge in [-0.2, -0.15) is 0 Å². The second-order valence-corrected chi connectivity index (χ2v) is 6.99. The molecule has 1 N–H and O–H groups in total. The van der Waals surface area contributed by atoms with E-state index in [4.69, 9.17) is 0 Å². The van der Waals surface area contributed by atoms with E-state index in [0.717, 1.165) is 11.3 Å². The Morgan fingerprint density at radius 1 is 1.12 bits per heavy atom. The molecule has 0 saturated carbocycles. The zero-order valence-corrected chi connectivity index (χ0v) is 14.4. The molecule has 1 atom stereocenters. The second-order valence-electron chi connectivity index (χ2n) is 5.75. The van der Waals surface area contributed by atoms with Crippen LogP contribution in [0.1, 0.15) is 24.5 Å². The van der Waals surface area contributed by atoms with Crippen LogP contribution in [0.2, 0.25) is 0 Å². The molecule has 1 saturated heterocycles. The Balaban J connectivity index is 0.000000526. The molecular formula is C20H19NO2S. The number of hydrogen-bond acceptors (Lipinski definition) is 3. The van der Waals surface area contributed by atoms with Crippen molar-refractivity contribution in [3.63, 3.8) is 0 Å². The molecule has 4 heteroatoms. The molecule has 4 rings (SSSR count). The second kappa shape index (κ2) is 7.05. The van der Waals surface area contributed by atoms with Crippen LogP contribution in [-0.4, -0.2) is 17.1 Å². The minimum Gasteiger partial charge on any atom is -0.295 e. The number of imide groups is 1. The summed E-state index contributed by atoms with van der Waals surface area (Å²) < 4.78 is 0. The van der Waals surface area contributed by atoms with E-state index in [1.54, 1.807) is 6.08 Å². The Hall–Kier alpha value is -2.33. The fraction of sp³-hybridized carbons (Fsp3) is 0.200. The molecule has 1 heterocycles. The first-order valence-electron chi connectivity index (χ1n) is 7.91. The summed E-state index contributed by atoms with van der Waals surface area (Å²) in [5, 5.41) is 2.07. The van der Waals surface area contributed by atoms with Crippen molar-refractivity contribution in [3.8, 4) is 11.1 Å². The van der Waals surface area contributed by atoms with Crippen LogP contribution >= 0.6 is 11.8 Å². The lowest BCUT2D eigenvalue weighted by atomic mass is 10.1. The van der Waals surface area contributed by atoms with Crippen LogP contribution in [0.3, 0.4) is 0 Å². The van der Waals surface area contributed by atoms with Crippen molar-refractivity contribution in [3.05, 3.63) is 66.2 Å². The Morgan fingerprint density at radius 2 is 1.83 bits per heavy atom. The number of hydrogen-bond donors (Lipinski definition) is 1. The smallest absolute Gasteiger partial charge is 0.240 e. The van der Waals surface area contributed by atoms with E-state index >= 15 is 0 Å². The van der Waals surface area contributed by atoms with E-state index in [1.165, 1.54) is 34.0 Å². The zero-order valence-electron chi connectivity index (χ0n) is 13.5. The predicted molar refractivity (Wildman–Crippen MR) is 98.0 cm³/mol. The van der Waals surface area contributed by atoms with Crippen molar-refractivity contribution in [2.24, 2.45) is 0 Å². The normalized spacial score (nSPS) is 17.5. The maximum atomic E-state index is 11.8. The SMILES string of the molecule is C=CC.O=C1CC(Sc2cccc3c2Cc2ccccc2-3)C(=O)N1. The standard InChI is InChI=1S/C17H13NO2S.C3H6/c19-16-9-15(17(20)18-16)21-14-7-3-6-12-11-5-2-1-4-10(11)8-13(12)14;1-3-2/h1-7,15H,8-9H2,(H,18,19,20);3H,1H2,2H3. The number of thioether (sulfide) groups is 1. The van der Waals surface area contributed by atoms with E-state index in [1.807, 2.05) is 19.1 Å². The molecule has 2 amide bonds. The number of amides is 2. The van der Waals surface area contributed by atoms with Gasteiger partial charge in [0.25, 0.3) is 0 Å². The third-order valence-corrected chi connectivity index (χ3v) is 5.30. The fourth-order valence-electron chi connectivity index (χ4n) is 3.02. The van der Waals surface area contributed by atoms with Crippen LogP contribution < -0.4 is 5.32 Å². The summed E-state index contributed by atoms with van der Waals surface area (Å²) in [6.07, 6.45) is 2.93. The molecule has 1 aliphatic heterocycles. The molecule has 1 unspecified atom stereocenters. The van der Waals surface area contributed by atoms with Crippen molar-refractivity contribution >= 4 is 23.6 Å². The number of rotatable bonds is 2. The minimum atomic E-state index is -0.298. The summed E-state index contributed by atoms with van der Waals surface area (Å²) in [4.78, 5) is 24.2. The summed E-state index contributed by atoms with van der Waals surface area (Å²) in [6, 6.07) is 14.6. The van der Waals surface area contributed by atoms with E-state index < -0.39 is 0 Å². The molecule has 3 nitrogen and oxygen atoms in total. The van der Waals surface area contributed by atoms with Gasteiger partial charge in [0.15, 0.2) is 0 Å². The Morgan fingerprint density at radius 3 is 2.54 bits per heavy atom. The third-order valence-electron chi connectivity index (χ3n) is 4.00. The molecule has 2 aliphatic rings. The Bertz CT molecular complexity index is 813. The highest BCUT2D eigenvalue weighted by atomic mass is 32.2. The molecular weight excluding hydrogens is 318 g/mol. The van der Waals surface area contributed by atoms with Gasteiger partial charge >= 0.3 is 0 Å². The van der Waals surface area contributed by atoms with E-state index in [-0.39, 0.29) is 23.5 Å². The van der Waals surface area contributed by atoms with E-state index in [9.17, 15) is 9.59 Å². The lowest BCUT2D eigenvalue weighted by Gasteiger charge is -2.10. The van der Waals surface area contributed by atoms with Crippen molar-refractivity contribution in [2.75, 3.05) is 0 Å². The van der Waals surface area contributed by atoms with E-state index in [0.29, 0.717) is 0 Å². The van der Waals surface area contributed by atoms with Crippen molar-refractivity contribution in [2.45, 2.75) is 29.9 Å². The van der Waals surface area contributed by atoms with Crippen LogP contribution in [0.4, 0.5) is 0 Å². The largest absolute Gasteiger partial charge is 0.295 e. The molecule has 122 valence electrons. The van der Waals surface area contributed by atoms with Gasteiger partial charge in [-0.05, 0) is 41.7 Å². The van der Waals surface area contributed by atoms with E-state index in [2.05, 4.69) is 42.2 Å². The summed E-state index contributed by atoms with van der Waals surface area (Å²) in [6.45, 7) is 5.25. The number of fused-ring (bicyclic) bond motifs is 3. The molecule has 0 aromatic heterocycles. The maximum absolute atomic E-state index is 11.8. The quantitative estimate of drug-likeness (QED) is 0.569. The van der Waals surface area contributed by atoms with Gasteiger partial charge in [0.2, 0.25) is 11.8 Å². The number of carbonyl (C=O) groups is 2. The fourth-order valence-corrected chi connectivity index (χ4v) is 4.21. The summed E-state index contributed by atoms with van der Waals surface area (Å²) in [5.41, 5.74) is 5.13. The summed E-state index contributed by atoms with van der Waals surface area (Å²) >= 11 is 1.51. The Labute approximate surface area is 146 Å². The monoisotopic (exact) mass is 337 g/mol. The average molecular weight is 337 g/mol. The van der Waals surface area contributed by atoms with Crippen LogP contribution in [-0.2, 0) is 16.0 Å². The van der Waals surface area contributed by atoms with Crippen molar-refractivity contribution in [1.82, 2.24) is 5.32 Å².